The first kappa shape index (κ1) is 52.9. The summed E-state index contributed by atoms with van der Waals surface area (Å²) >= 11 is 0. The maximum Gasteiger partial charge on any atom is 0.235 e. The van der Waals surface area contributed by atoms with Crippen LogP contribution in [-0.4, -0.2) is 171 Å². The molecule has 1 heterocycles. The number of rotatable bonds is 39. The molecule has 0 N–H and O–H groups in total. The fourth-order valence-corrected chi connectivity index (χ4v) is 4.52. The summed E-state index contributed by atoms with van der Waals surface area (Å²) in [6.45, 7) is 29.9. The first-order chi connectivity index (χ1) is 27.5. The van der Waals surface area contributed by atoms with E-state index in [9.17, 15) is 0 Å². The van der Waals surface area contributed by atoms with Crippen molar-refractivity contribution in [2.45, 2.75) is 120 Å². The number of hydrogen-bond donors (Lipinski definition) is 0. The van der Waals surface area contributed by atoms with Crippen molar-refractivity contribution in [1.82, 2.24) is 15.0 Å². The molecule has 0 radical (unpaired) electrons. The van der Waals surface area contributed by atoms with Crippen LogP contribution in [0.2, 0.25) is 0 Å². The summed E-state index contributed by atoms with van der Waals surface area (Å²) < 4.78 is 71.2. The van der Waals surface area contributed by atoms with Crippen LogP contribution in [0.3, 0.4) is 0 Å². The fourth-order valence-electron chi connectivity index (χ4n) is 4.52. The van der Waals surface area contributed by atoms with Gasteiger partial charge < -0.3 is 56.8 Å². The number of ether oxygens (including phenoxy) is 12. The minimum absolute atomic E-state index is 0.0893. The zero-order chi connectivity index (χ0) is 42.3. The number of hydrogen-bond acceptors (Lipinski definition) is 18. The molecule has 57 heavy (non-hydrogen) atoms. The molecular formula is C39H78N6O12. The van der Waals surface area contributed by atoms with Crippen LogP contribution in [0.4, 0.5) is 17.8 Å². The van der Waals surface area contributed by atoms with Gasteiger partial charge in [0.2, 0.25) is 17.8 Å². The van der Waals surface area contributed by atoms with Gasteiger partial charge in [-0.25, -0.2) is 0 Å². The normalized spacial score (nSPS) is 14.9. The number of anilines is 3. The van der Waals surface area contributed by atoms with E-state index in [1.54, 1.807) is 14.7 Å². The van der Waals surface area contributed by atoms with Gasteiger partial charge in [-0.3, -0.25) is 14.7 Å². The molecule has 0 saturated heterocycles. The van der Waals surface area contributed by atoms with Gasteiger partial charge in [0.05, 0.1) is 76.3 Å². The fraction of sp³-hybridized carbons (Fsp3) is 0.923. The van der Waals surface area contributed by atoms with E-state index < -0.39 is 0 Å². The number of nitrogens with zero attached hydrogens (tertiary/aromatic N) is 6. The molecule has 0 aromatic carbocycles. The van der Waals surface area contributed by atoms with E-state index in [1.165, 1.54) is 0 Å². The Balaban J connectivity index is 3.84. The van der Waals surface area contributed by atoms with E-state index in [2.05, 4.69) is 0 Å². The predicted octanol–water partition coefficient (Wildman–Crippen LogP) is 4.69. The van der Waals surface area contributed by atoms with Crippen LogP contribution < -0.4 is 14.7 Å². The summed E-state index contributed by atoms with van der Waals surface area (Å²) in [5.41, 5.74) is 0. The Bertz CT molecular complexity index is 894. The van der Waals surface area contributed by atoms with Crippen molar-refractivity contribution >= 4 is 17.8 Å². The minimum Gasteiger partial charge on any atom is -0.379 e. The van der Waals surface area contributed by atoms with E-state index in [0.717, 1.165) is 0 Å². The highest BCUT2D eigenvalue weighted by molar-refractivity contribution is 5.46. The highest BCUT2D eigenvalue weighted by Gasteiger charge is 2.24. The molecule has 6 unspecified atom stereocenters. The van der Waals surface area contributed by atoms with Crippen molar-refractivity contribution in [3.63, 3.8) is 0 Å². The van der Waals surface area contributed by atoms with Gasteiger partial charge in [-0.15, -0.1) is 0 Å². The standard InChI is InChI=1S/C39H78N6O12/c1-13-46-19-31(7)52-25-43(26-53-32(8)20-47-14-2)37-40-38(44(27-54-33(9)21-48-15-3)28-55-34(10)22-49-16-4)42-39(41-37)45(29-56-35(11)23-50-17-5)30-57-36(12)24-51-18-6/h31-36H,13-30H2,1-12H3. The summed E-state index contributed by atoms with van der Waals surface area (Å²) in [6.07, 6.45) is -1.32. The Hall–Kier alpha value is -2.07. The lowest BCUT2D eigenvalue weighted by Gasteiger charge is -2.31. The second-order valence-corrected chi connectivity index (χ2v) is 13.5. The van der Waals surface area contributed by atoms with Crippen LogP contribution in [0, 0.1) is 0 Å². The average Bonchev–Trinajstić information content (AvgIpc) is 3.21. The van der Waals surface area contributed by atoms with Gasteiger partial charge in [-0.2, -0.15) is 15.0 Å². The van der Waals surface area contributed by atoms with Gasteiger partial charge in [0, 0.05) is 39.6 Å². The van der Waals surface area contributed by atoms with Crippen molar-refractivity contribution in [3.8, 4) is 0 Å². The Labute approximate surface area is 343 Å². The first-order valence-corrected chi connectivity index (χ1v) is 20.7. The van der Waals surface area contributed by atoms with Crippen LogP contribution in [0.15, 0.2) is 0 Å². The second-order valence-electron chi connectivity index (χ2n) is 13.5. The molecule has 0 spiro atoms. The summed E-state index contributed by atoms with van der Waals surface area (Å²) in [4.78, 5) is 20.3. The third kappa shape index (κ3) is 25.2. The van der Waals surface area contributed by atoms with Gasteiger partial charge in [-0.05, 0) is 83.1 Å². The molecule has 0 fully saturated rings. The van der Waals surface area contributed by atoms with Gasteiger partial charge >= 0.3 is 0 Å². The average molecular weight is 823 g/mol. The van der Waals surface area contributed by atoms with Gasteiger partial charge in [0.15, 0.2) is 0 Å². The minimum atomic E-state index is -0.219. The molecule has 1 aromatic rings. The monoisotopic (exact) mass is 823 g/mol. The molecule has 0 aliphatic heterocycles. The van der Waals surface area contributed by atoms with Crippen LogP contribution in [-0.2, 0) is 56.8 Å². The summed E-state index contributed by atoms with van der Waals surface area (Å²) in [7, 11) is 0. The lowest BCUT2D eigenvalue weighted by atomic mass is 10.4. The zero-order valence-corrected chi connectivity index (χ0v) is 37.3. The molecule has 18 nitrogen and oxygen atoms in total. The van der Waals surface area contributed by atoms with Crippen molar-refractivity contribution < 1.29 is 56.8 Å². The summed E-state index contributed by atoms with van der Waals surface area (Å²) in [6, 6.07) is 0. The molecule has 336 valence electrons. The van der Waals surface area contributed by atoms with E-state index in [0.29, 0.717) is 79.3 Å². The largest absolute Gasteiger partial charge is 0.379 e. The second kappa shape index (κ2) is 33.7. The predicted molar refractivity (Wildman–Crippen MR) is 219 cm³/mol. The van der Waals surface area contributed by atoms with Crippen LogP contribution >= 0.6 is 0 Å². The van der Waals surface area contributed by atoms with Crippen molar-refractivity contribution in [3.05, 3.63) is 0 Å². The molecule has 0 amide bonds. The maximum atomic E-state index is 6.25. The molecular weight excluding hydrogens is 744 g/mol. The van der Waals surface area contributed by atoms with E-state index in [4.69, 9.17) is 71.8 Å². The van der Waals surface area contributed by atoms with Crippen molar-refractivity contribution in [1.29, 1.82) is 0 Å². The zero-order valence-electron chi connectivity index (χ0n) is 37.3. The smallest absolute Gasteiger partial charge is 0.235 e. The SMILES string of the molecule is CCOCC(C)OCN(COC(C)COCC)c1nc(N(COC(C)COCC)COC(C)COCC)nc(N(COC(C)COCC)COC(C)COCC)n1. The highest BCUT2D eigenvalue weighted by Crippen LogP contribution is 2.22. The Morgan fingerprint density at radius 3 is 0.614 bits per heavy atom. The molecule has 18 heteroatoms. The topological polar surface area (TPSA) is 159 Å². The summed E-state index contributed by atoms with van der Waals surface area (Å²) in [5.74, 6) is 0.852. The summed E-state index contributed by atoms with van der Waals surface area (Å²) in [5, 5.41) is 0. The van der Waals surface area contributed by atoms with E-state index in [1.807, 2.05) is 83.1 Å². The van der Waals surface area contributed by atoms with Crippen LogP contribution in [0.25, 0.3) is 0 Å². The Kier molecular flexibility index (Phi) is 31.3. The van der Waals surface area contributed by atoms with Gasteiger partial charge in [0.1, 0.15) is 40.4 Å². The van der Waals surface area contributed by atoms with Crippen molar-refractivity contribution in [2.75, 3.05) is 134 Å². The molecule has 0 saturated carbocycles. The molecule has 0 bridgehead atoms. The van der Waals surface area contributed by atoms with Crippen molar-refractivity contribution in [2.24, 2.45) is 0 Å². The quantitative estimate of drug-likeness (QED) is 0.0842. The molecule has 0 aliphatic carbocycles. The molecule has 0 aliphatic rings. The maximum absolute atomic E-state index is 6.25. The lowest BCUT2D eigenvalue weighted by molar-refractivity contribution is -0.0309. The van der Waals surface area contributed by atoms with Gasteiger partial charge in [0.25, 0.3) is 0 Å². The lowest BCUT2D eigenvalue weighted by Crippen LogP contribution is -2.40. The molecule has 6 atom stereocenters. The Morgan fingerprint density at radius 1 is 0.316 bits per heavy atom. The molecule has 1 rings (SSSR count). The van der Waals surface area contributed by atoms with Gasteiger partial charge in [-0.1, -0.05) is 0 Å². The Morgan fingerprint density at radius 2 is 0.474 bits per heavy atom. The van der Waals surface area contributed by atoms with Crippen LogP contribution in [0.1, 0.15) is 83.1 Å². The highest BCUT2D eigenvalue weighted by atomic mass is 16.6. The van der Waals surface area contributed by atoms with E-state index >= 15 is 0 Å². The molecule has 1 aromatic heterocycles. The van der Waals surface area contributed by atoms with Crippen LogP contribution in [0.5, 0.6) is 0 Å². The van der Waals surface area contributed by atoms with E-state index in [-0.39, 0.29) is 94.9 Å². The number of aromatic nitrogens is 3. The third-order valence-corrected chi connectivity index (χ3v) is 7.88. The first-order valence-electron chi connectivity index (χ1n) is 20.7. The third-order valence-electron chi connectivity index (χ3n) is 7.88.